The second-order valence-electron chi connectivity index (χ2n) is 4.90. The Morgan fingerprint density at radius 2 is 2.22 bits per heavy atom. The summed E-state index contributed by atoms with van der Waals surface area (Å²) in [6, 6.07) is 1.63. The van der Waals surface area contributed by atoms with Crippen LogP contribution in [0.5, 0.6) is 0 Å². The summed E-state index contributed by atoms with van der Waals surface area (Å²) in [6.07, 6.45) is 1.86. The Labute approximate surface area is 108 Å². The van der Waals surface area contributed by atoms with Crippen LogP contribution in [0.2, 0.25) is 0 Å². The largest absolute Gasteiger partial charge is 0.327 e. The molecule has 1 aromatic rings. The zero-order valence-corrected chi connectivity index (χ0v) is 11.6. The number of rotatable bonds is 6. The molecule has 3 N–H and O–H groups in total. The van der Waals surface area contributed by atoms with Gasteiger partial charge in [0.2, 0.25) is 5.91 Å². The molecule has 0 fully saturated rings. The molecule has 0 aliphatic rings. The van der Waals surface area contributed by atoms with Gasteiger partial charge < -0.3 is 16.0 Å². The van der Waals surface area contributed by atoms with Crippen molar-refractivity contribution in [1.82, 2.24) is 14.7 Å². The van der Waals surface area contributed by atoms with E-state index in [0.717, 1.165) is 13.1 Å². The molecule has 0 spiro atoms. The number of nitrogens with zero attached hydrogens (tertiary/aromatic N) is 3. The summed E-state index contributed by atoms with van der Waals surface area (Å²) in [5, 5.41) is 7.05. The predicted octanol–water partition coefficient (Wildman–Crippen LogP) is 0.367. The Kier molecular flexibility index (Phi) is 5.30. The van der Waals surface area contributed by atoms with Crippen molar-refractivity contribution in [2.45, 2.75) is 26.4 Å². The van der Waals surface area contributed by atoms with Crippen molar-refractivity contribution in [3.05, 3.63) is 12.3 Å². The molecule has 0 bridgehead atoms. The fraction of sp³-hybridized carbons (Fsp3) is 0.667. The van der Waals surface area contributed by atoms with Crippen LogP contribution in [0.3, 0.4) is 0 Å². The van der Waals surface area contributed by atoms with Crippen molar-refractivity contribution in [3.8, 4) is 0 Å². The number of hydrogen-bond donors (Lipinski definition) is 2. The van der Waals surface area contributed by atoms with Crippen molar-refractivity contribution >= 4 is 11.7 Å². The average molecular weight is 253 g/mol. The van der Waals surface area contributed by atoms with E-state index >= 15 is 0 Å². The number of anilines is 1. The van der Waals surface area contributed by atoms with Crippen LogP contribution < -0.4 is 11.1 Å². The van der Waals surface area contributed by atoms with Crippen LogP contribution in [0.1, 0.15) is 13.8 Å². The smallest absolute Gasteiger partial charge is 0.229 e. The van der Waals surface area contributed by atoms with E-state index in [-0.39, 0.29) is 17.9 Å². The van der Waals surface area contributed by atoms with Crippen molar-refractivity contribution in [2.75, 3.05) is 26.0 Å². The predicted molar refractivity (Wildman–Crippen MR) is 72.2 cm³/mol. The molecular formula is C12H23N5O. The number of hydrogen-bond acceptors (Lipinski definition) is 4. The van der Waals surface area contributed by atoms with Gasteiger partial charge in [-0.1, -0.05) is 6.92 Å². The van der Waals surface area contributed by atoms with E-state index in [1.54, 1.807) is 6.07 Å². The van der Waals surface area contributed by atoms with E-state index in [1.807, 2.05) is 38.8 Å². The highest BCUT2D eigenvalue weighted by Gasteiger charge is 2.17. The minimum absolute atomic E-state index is 0.0946. The molecule has 1 aromatic heterocycles. The molecule has 18 heavy (non-hydrogen) atoms. The molecule has 0 radical (unpaired) electrons. The quantitative estimate of drug-likeness (QED) is 0.768. The maximum absolute atomic E-state index is 11.8. The lowest BCUT2D eigenvalue weighted by atomic mass is 10.0. The van der Waals surface area contributed by atoms with Crippen molar-refractivity contribution in [3.63, 3.8) is 0 Å². The van der Waals surface area contributed by atoms with Gasteiger partial charge in [0.25, 0.3) is 0 Å². The third kappa shape index (κ3) is 4.46. The Hall–Kier alpha value is -1.40. The van der Waals surface area contributed by atoms with Crippen molar-refractivity contribution in [2.24, 2.45) is 11.7 Å². The molecule has 2 unspecified atom stereocenters. The average Bonchev–Trinajstić information content (AvgIpc) is 2.72. The molecule has 0 aliphatic carbocycles. The zero-order chi connectivity index (χ0) is 13.7. The van der Waals surface area contributed by atoms with Crippen LogP contribution in [0, 0.1) is 5.92 Å². The summed E-state index contributed by atoms with van der Waals surface area (Å²) in [6.45, 7) is 5.33. The number of carbonyl (C=O) groups excluding carboxylic acids is 1. The first kappa shape index (κ1) is 14.7. The van der Waals surface area contributed by atoms with Gasteiger partial charge in [-0.2, -0.15) is 5.10 Å². The number of likely N-dealkylation sites (N-methyl/N-ethyl adjacent to an activating group) is 1. The van der Waals surface area contributed by atoms with E-state index in [9.17, 15) is 4.79 Å². The molecule has 1 amide bonds. The summed E-state index contributed by atoms with van der Waals surface area (Å²) < 4.78 is 1.81. The summed E-state index contributed by atoms with van der Waals surface area (Å²) in [5.41, 5.74) is 5.68. The molecule has 1 heterocycles. The van der Waals surface area contributed by atoms with Gasteiger partial charge in [0.1, 0.15) is 0 Å². The van der Waals surface area contributed by atoms with E-state index in [4.69, 9.17) is 5.73 Å². The van der Waals surface area contributed by atoms with E-state index in [0.29, 0.717) is 5.82 Å². The first-order chi connectivity index (χ1) is 8.40. The van der Waals surface area contributed by atoms with E-state index in [1.165, 1.54) is 0 Å². The van der Waals surface area contributed by atoms with Crippen LogP contribution in [0.25, 0.3) is 0 Å². The number of carbonyl (C=O) groups is 1. The van der Waals surface area contributed by atoms with Gasteiger partial charge in [0.05, 0.1) is 12.5 Å². The zero-order valence-electron chi connectivity index (χ0n) is 11.6. The third-order valence-corrected chi connectivity index (χ3v) is 2.87. The minimum Gasteiger partial charge on any atom is -0.327 e. The molecule has 6 nitrogen and oxygen atoms in total. The molecule has 1 rings (SSSR count). The Bertz CT molecular complexity index is 386. The fourth-order valence-electron chi connectivity index (χ4n) is 1.33. The lowest BCUT2D eigenvalue weighted by molar-refractivity contribution is -0.119. The molecule has 0 aliphatic heterocycles. The van der Waals surface area contributed by atoms with Gasteiger partial charge in [-0.3, -0.25) is 9.48 Å². The van der Waals surface area contributed by atoms with Crippen LogP contribution in [-0.2, 0) is 11.3 Å². The van der Waals surface area contributed by atoms with Gasteiger partial charge in [0, 0.05) is 24.8 Å². The highest BCUT2D eigenvalue weighted by Crippen LogP contribution is 2.07. The van der Waals surface area contributed by atoms with Gasteiger partial charge in [0.15, 0.2) is 5.82 Å². The van der Waals surface area contributed by atoms with Crippen LogP contribution in [0.15, 0.2) is 12.3 Å². The number of nitrogens with two attached hydrogens (primary N) is 1. The fourth-order valence-corrected chi connectivity index (χ4v) is 1.33. The molecule has 6 heteroatoms. The third-order valence-electron chi connectivity index (χ3n) is 2.87. The normalized spacial score (nSPS) is 14.6. The van der Waals surface area contributed by atoms with Crippen LogP contribution in [0.4, 0.5) is 5.82 Å². The maximum atomic E-state index is 11.8. The monoisotopic (exact) mass is 253 g/mol. The molecule has 0 saturated carbocycles. The van der Waals surface area contributed by atoms with Gasteiger partial charge >= 0.3 is 0 Å². The minimum atomic E-state index is -0.225. The molecule has 0 saturated heterocycles. The lowest BCUT2D eigenvalue weighted by Gasteiger charge is -2.14. The van der Waals surface area contributed by atoms with Gasteiger partial charge in [-0.15, -0.1) is 0 Å². The topological polar surface area (TPSA) is 76.2 Å². The van der Waals surface area contributed by atoms with Gasteiger partial charge in [-0.05, 0) is 21.0 Å². The number of nitrogens with one attached hydrogen (secondary N) is 1. The second-order valence-corrected chi connectivity index (χ2v) is 4.90. The second kappa shape index (κ2) is 6.51. The van der Waals surface area contributed by atoms with E-state index < -0.39 is 0 Å². The standard InChI is InChI=1S/C12H23N5O/c1-9(10(2)13)12(18)14-11-5-6-17(15-11)8-7-16(3)4/h5-6,9-10H,7-8,13H2,1-4H3,(H,14,15,18). The number of aromatic nitrogens is 2. The molecular weight excluding hydrogens is 230 g/mol. The van der Waals surface area contributed by atoms with Crippen LogP contribution >= 0.6 is 0 Å². The number of amides is 1. The maximum Gasteiger partial charge on any atom is 0.229 e. The summed E-state index contributed by atoms with van der Waals surface area (Å²) in [7, 11) is 4.02. The van der Waals surface area contributed by atoms with Gasteiger partial charge in [-0.25, -0.2) is 0 Å². The van der Waals surface area contributed by atoms with Crippen LogP contribution in [-0.4, -0.2) is 47.3 Å². The summed E-state index contributed by atoms with van der Waals surface area (Å²) in [4.78, 5) is 13.9. The highest BCUT2D eigenvalue weighted by atomic mass is 16.2. The van der Waals surface area contributed by atoms with Crippen molar-refractivity contribution in [1.29, 1.82) is 0 Å². The molecule has 0 aromatic carbocycles. The van der Waals surface area contributed by atoms with Crippen molar-refractivity contribution < 1.29 is 4.79 Å². The van der Waals surface area contributed by atoms with E-state index in [2.05, 4.69) is 15.3 Å². The molecule has 102 valence electrons. The summed E-state index contributed by atoms with van der Waals surface area (Å²) in [5.74, 6) is 0.256. The Morgan fingerprint density at radius 1 is 1.56 bits per heavy atom. The highest BCUT2D eigenvalue weighted by molar-refractivity contribution is 5.91. The first-order valence-corrected chi connectivity index (χ1v) is 6.14. The first-order valence-electron chi connectivity index (χ1n) is 6.14. The Balaban J connectivity index is 2.51. The molecule has 2 atom stereocenters. The Morgan fingerprint density at radius 3 is 2.78 bits per heavy atom. The lowest BCUT2D eigenvalue weighted by Crippen LogP contribution is -2.34. The summed E-state index contributed by atoms with van der Waals surface area (Å²) >= 11 is 0. The SMILES string of the molecule is CC(N)C(C)C(=O)Nc1ccn(CCN(C)C)n1.